The van der Waals surface area contributed by atoms with E-state index in [0.717, 1.165) is 29.0 Å². The van der Waals surface area contributed by atoms with Gasteiger partial charge in [0.2, 0.25) is 5.91 Å². The van der Waals surface area contributed by atoms with Crippen LogP contribution in [0.3, 0.4) is 0 Å². The van der Waals surface area contributed by atoms with Crippen LogP contribution in [0.25, 0.3) is 11.0 Å². The Morgan fingerprint density at radius 2 is 2.20 bits per heavy atom. The topological polar surface area (TPSA) is 101 Å². The highest BCUT2D eigenvalue weighted by molar-refractivity contribution is 5.90. The van der Waals surface area contributed by atoms with Crippen molar-refractivity contribution in [3.63, 3.8) is 0 Å². The minimum atomic E-state index is -0.498. The fourth-order valence-corrected chi connectivity index (χ4v) is 2.65. The van der Waals surface area contributed by atoms with Gasteiger partial charge in [0.05, 0.1) is 30.8 Å². The van der Waals surface area contributed by atoms with E-state index in [2.05, 4.69) is 15.4 Å². The highest BCUT2D eigenvalue weighted by atomic mass is 16.5. The predicted molar refractivity (Wildman–Crippen MR) is 93.1 cm³/mol. The van der Waals surface area contributed by atoms with Crippen LogP contribution in [0.4, 0.5) is 11.4 Å². The highest BCUT2D eigenvalue weighted by Crippen LogP contribution is 2.29. The SMILES string of the molecule is CCn1ncc2c(Nc3ccc(CC(=O)NO)c(OC)c3)ccnc21. The molecule has 25 heavy (non-hydrogen) atoms. The summed E-state index contributed by atoms with van der Waals surface area (Å²) in [5, 5.41) is 17.2. The van der Waals surface area contributed by atoms with Gasteiger partial charge < -0.3 is 10.1 Å². The van der Waals surface area contributed by atoms with E-state index in [0.29, 0.717) is 11.3 Å². The summed E-state index contributed by atoms with van der Waals surface area (Å²) >= 11 is 0. The van der Waals surface area contributed by atoms with Crippen LogP contribution >= 0.6 is 0 Å². The molecular weight excluding hydrogens is 322 g/mol. The third-order valence-electron chi connectivity index (χ3n) is 3.88. The van der Waals surface area contributed by atoms with Crippen molar-refractivity contribution in [3.8, 4) is 5.75 Å². The molecule has 2 heterocycles. The molecule has 0 aliphatic heterocycles. The fraction of sp³-hybridized carbons (Fsp3) is 0.235. The van der Waals surface area contributed by atoms with Crippen LogP contribution < -0.4 is 15.5 Å². The number of methoxy groups -OCH3 is 1. The number of pyridine rings is 1. The molecule has 8 nitrogen and oxygen atoms in total. The molecule has 0 saturated heterocycles. The number of anilines is 2. The second kappa shape index (κ2) is 7.18. The number of carbonyl (C=O) groups excluding carboxylic acids is 1. The molecule has 8 heteroatoms. The molecule has 0 saturated carbocycles. The summed E-state index contributed by atoms with van der Waals surface area (Å²) in [7, 11) is 1.54. The Balaban J connectivity index is 1.91. The summed E-state index contributed by atoms with van der Waals surface area (Å²) in [6, 6.07) is 7.31. The lowest BCUT2D eigenvalue weighted by Gasteiger charge is -2.12. The van der Waals surface area contributed by atoms with E-state index >= 15 is 0 Å². The van der Waals surface area contributed by atoms with Crippen molar-refractivity contribution < 1.29 is 14.7 Å². The number of amides is 1. The molecule has 1 amide bonds. The van der Waals surface area contributed by atoms with Crippen LogP contribution in [0.15, 0.2) is 36.7 Å². The summed E-state index contributed by atoms with van der Waals surface area (Å²) < 4.78 is 7.18. The molecule has 3 aromatic rings. The molecule has 0 aliphatic carbocycles. The van der Waals surface area contributed by atoms with Crippen molar-refractivity contribution in [3.05, 3.63) is 42.2 Å². The summed E-state index contributed by atoms with van der Waals surface area (Å²) in [5.41, 5.74) is 4.80. The van der Waals surface area contributed by atoms with Gasteiger partial charge in [-0.3, -0.25) is 10.0 Å². The van der Waals surface area contributed by atoms with Crippen molar-refractivity contribution in [2.24, 2.45) is 0 Å². The molecular formula is C17H19N5O3. The van der Waals surface area contributed by atoms with Crippen LogP contribution in [-0.4, -0.2) is 33.0 Å². The molecule has 0 radical (unpaired) electrons. The van der Waals surface area contributed by atoms with Gasteiger partial charge in [0.15, 0.2) is 5.65 Å². The van der Waals surface area contributed by atoms with Gasteiger partial charge in [0, 0.05) is 30.1 Å². The van der Waals surface area contributed by atoms with Crippen LogP contribution in [0.5, 0.6) is 5.75 Å². The van der Waals surface area contributed by atoms with Crippen molar-refractivity contribution in [1.29, 1.82) is 0 Å². The smallest absolute Gasteiger partial charge is 0.247 e. The lowest BCUT2D eigenvalue weighted by molar-refractivity contribution is -0.128. The van der Waals surface area contributed by atoms with Crippen molar-refractivity contribution in [2.45, 2.75) is 19.9 Å². The lowest BCUT2D eigenvalue weighted by atomic mass is 10.1. The number of ether oxygens (including phenoxy) is 1. The van der Waals surface area contributed by atoms with Gasteiger partial charge in [-0.1, -0.05) is 6.07 Å². The molecule has 0 bridgehead atoms. The molecule has 0 atom stereocenters. The number of hydroxylamine groups is 1. The number of aryl methyl sites for hydroxylation is 1. The molecule has 3 rings (SSSR count). The third kappa shape index (κ3) is 3.38. The molecule has 1 aromatic carbocycles. The summed E-state index contributed by atoms with van der Waals surface area (Å²) in [6.45, 7) is 2.76. The zero-order valence-corrected chi connectivity index (χ0v) is 14.0. The Morgan fingerprint density at radius 3 is 2.92 bits per heavy atom. The zero-order chi connectivity index (χ0) is 17.8. The number of aromatic nitrogens is 3. The van der Waals surface area contributed by atoms with E-state index in [1.54, 1.807) is 30.0 Å². The van der Waals surface area contributed by atoms with E-state index in [1.165, 1.54) is 7.11 Å². The van der Waals surface area contributed by atoms with E-state index in [9.17, 15) is 4.79 Å². The minimum absolute atomic E-state index is 0.0305. The third-order valence-corrected chi connectivity index (χ3v) is 3.88. The normalized spacial score (nSPS) is 10.7. The van der Waals surface area contributed by atoms with E-state index in [1.807, 2.05) is 23.7 Å². The Labute approximate surface area is 144 Å². The molecule has 0 spiro atoms. The van der Waals surface area contributed by atoms with Crippen LogP contribution in [-0.2, 0) is 17.8 Å². The quantitative estimate of drug-likeness (QED) is 0.469. The first-order chi connectivity index (χ1) is 12.2. The second-order valence-corrected chi connectivity index (χ2v) is 5.42. The second-order valence-electron chi connectivity index (χ2n) is 5.42. The molecule has 0 fully saturated rings. The maximum atomic E-state index is 11.4. The molecule has 0 unspecified atom stereocenters. The van der Waals surface area contributed by atoms with Gasteiger partial charge in [-0.05, 0) is 19.1 Å². The Kier molecular flexibility index (Phi) is 4.80. The summed E-state index contributed by atoms with van der Waals surface area (Å²) in [5.74, 6) is 0.0602. The Bertz CT molecular complexity index is 906. The number of hydrogen-bond acceptors (Lipinski definition) is 6. The maximum absolute atomic E-state index is 11.4. The van der Waals surface area contributed by atoms with Gasteiger partial charge >= 0.3 is 0 Å². The lowest BCUT2D eigenvalue weighted by Crippen LogP contribution is -2.20. The first-order valence-corrected chi connectivity index (χ1v) is 7.83. The summed E-state index contributed by atoms with van der Waals surface area (Å²) in [6.07, 6.45) is 3.55. The molecule has 2 aromatic heterocycles. The van der Waals surface area contributed by atoms with Gasteiger partial charge in [0.1, 0.15) is 5.75 Å². The van der Waals surface area contributed by atoms with Crippen LogP contribution in [0.1, 0.15) is 12.5 Å². The standard InChI is InChI=1S/C17H19N5O3/c1-3-22-17-13(10-19-22)14(6-7-18-17)20-12-5-4-11(8-16(23)21-24)15(9-12)25-2/h4-7,9-10,24H,3,8H2,1-2H3,(H,18,20)(H,21,23). The number of fused-ring (bicyclic) bond motifs is 1. The Morgan fingerprint density at radius 1 is 1.36 bits per heavy atom. The van der Waals surface area contributed by atoms with Crippen molar-refractivity contribution in [2.75, 3.05) is 12.4 Å². The average Bonchev–Trinajstić information content (AvgIpc) is 3.07. The zero-order valence-electron chi connectivity index (χ0n) is 14.0. The molecule has 3 N–H and O–H groups in total. The number of benzene rings is 1. The van der Waals surface area contributed by atoms with Gasteiger partial charge in [0.25, 0.3) is 0 Å². The van der Waals surface area contributed by atoms with Crippen LogP contribution in [0.2, 0.25) is 0 Å². The number of hydrogen-bond donors (Lipinski definition) is 3. The maximum Gasteiger partial charge on any atom is 0.247 e. The summed E-state index contributed by atoms with van der Waals surface area (Å²) in [4.78, 5) is 15.7. The first-order valence-electron chi connectivity index (χ1n) is 7.83. The molecule has 130 valence electrons. The number of rotatable bonds is 6. The Hall–Kier alpha value is -3.13. The first kappa shape index (κ1) is 16.7. The number of nitrogens with zero attached hydrogens (tertiary/aromatic N) is 3. The van der Waals surface area contributed by atoms with E-state index in [4.69, 9.17) is 9.94 Å². The minimum Gasteiger partial charge on any atom is -0.496 e. The number of nitrogens with one attached hydrogen (secondary N) is 2. The van der Waals surface area contributed by atoms with Crippen molar-refractivity contribution in [1.82, 2.24) is 20.2 Å². The van der Waals surface area contributed by atoms with Gasteiger partial charge in [-0.25, -0.2) is 15.1 Å². The highest BCUT2D eigenvalue weighted by Gasteiger charge is 2.11. The largest absolute Gasteiger partial charge is 0.496 e. The van der Waals surface area contributed by atoms with E-state index < -0.39 is 5.91 Å². The fourth-order valence-electron chi connectivity index (χ4n) is 2.65. The van der Waals surface area contributed by atoms with E-state index in [-0.39, 0.29) is 6.42 Å². The van der Waals surface area contributed by atoms with Gasteiger partial charge in [-0.15, -0.1) is 0 Å². The predicted octanol–water partition coefficient (Wildman–Crippen LogP) is 2.25. The van der Waals surface area contributed by atoms with Crippen molar-refractivity contribution >= 4 is 28.3 Å². The molecule has 0 aliphatic rings. The van der Waals surface area contributed by atoms with Gasteiger partial charge in [-0.2, -0.15) is 5.10 Å². The van der Waals surface area contributed by atoms with Crippen LogP contribution in [0, 0.1) is 0 Å². The average molecular weight is 341 g/mol. The number of carbonyl (C=O) groups is 1. The monoisotopic (exact) mass is 341 g/mol.